The summed E-state index contributed by atoms with van der Waals surface area (Å²) in [5.74, 6) is -0.532. The van der Waals surface area contributed by atoms with Gasteiger partial charge in [-0.1, -0.05) is 0 Å². The Hall–Kier alpha value is -2.38. The van der Waals surface area contributed by atoms with Crippen LogP contribution in [0.1, 0.15) is 43.6 Å². The molecule has 0 aliphatic carbocycles. The highest BCUT2D eigenvalue weighted by Crippen LogP contribution is 2.28. The third-order valence-corrected chi connectivity index (χ3v) is 3.97. The standard InChI is InChI=1S/C17H20F3N3O2/c1-8(2)21-15(24)11(5)23-13-7-10(4)9(3)6-12(13)22-14(16(23)25)17(18,19)20/h6-8,11H,1-5H3,(H,21,24). The van der Waals surface area contributed by atoms with Gasteiger partial charge < -0.3 is 5.32 Å². The van der Waals surface area contributed by atoms with Gasteiger partial charge in [-0.2, -0.15) is 13.2 Å². The van der Waals surface area contributed by atoms with Gasteiger partial charge in [0.2, 0.25) is 11.6 Å². The molecule has 0 aliphatic heterocycles. The molecule has 0 aliphatic rings. The van der Waals surface area contributed by atoms with Crippen molar-refractivity contribution >= 4 is 16.9 Å². The van der Waals surface area contributed by atoms with E-state index in [9.17, 15) is 22.8 Å². The second kappa shape index (κ2) is 6.50. The second-order valence-corrected chi connectivity index (χ2v) is 6.40. The van der Waals surface area contributed by atoms with E-state index in [2.05, 4.69) is 10.3 Å². The van der Waals surface area contributed by atoms with E-state index in [4.69, 9.17) is 0 Å². The first-order chi connectivity index (χ1) is 11.4. The average Bonchev–Trinajstić information content (AvgIpc) is 2.46. The van der Waals surface area contributed by atoms with Crippen LogP contribution in [0.2, 0.25) is 0 Å². The molecule has 25 heavy (non-hydrogen) atoms. The van der Waals surface area contributed by atoms with Crippen molar-refractivity contribution in [3.05, 3.63) is 39.3 Å². The summed E-state index contributed by atoms with van der Waals surface area (Å²) < 4.78 is 40.6. The van der Waals surface area contributed by atoms with Crippen LogP contribution in [0.15, 0.2) is 16.9 Å². The predicted octanol–water partition coefficient (Wildman–Crippen LogP) is 3.12. The van der Waals surface area contributed by atoms with Crippen LogP contribution in [0.25, 0.3) is 11.0 Å². The van der Waals surface area contributed by atoms with Crippen molar-refractivity contribution in [2.75, 3.05) is 0 Å². The topological polar surface area (TPSA) is 64.0 Å². The van der Waals surface area contributed by atoms with Crippen LogP contribution in [0.5, 0.6) is 0 Å². The number of halogens is 3. The quantitative estimate of drug-likeness (QED) is 0.920. The van der Waals surface area contributed by atoms with Crippen molar-refractivity contribution in [3.63, 3.8) is 0 Å². The monoisotopic (exact) mass is 355 g/mol. The van der Waals surface area contributed by atoms with E-state index in [-0.39, 0.29) is 17.1 Å². The van der Waals surface area contributed by atoms with Crippen LogP contribution in [0.3, 0.4) is 0 Å². The minimum Gasteiger partial charge on any atom is -0.352 e. The molecule has 1 unspecified atom stereocenters. The number of aromatic nitrogens is 2. The molecule has 1 aromatic carbocycles. The molecule has 1 amide bonds. The van der Waals surface area contributed by atoms with E-state index in [1.165, 1.54) is 13.0 Å². The number of aryl methyl sites for hydroxylation is 2. The highest BCUT2D eigenvalue weighted by molar-refractivity contribution is 5.84. The molecule has 1 aromatic heterocycles. The first kappa shape index (κ1) is 19.0. The zero-order valence-corrected chi connectivity index (χ0v) is 14.7. The Morgan fingerprint density at radius 2 is 1.72 bits per heavy atom. The molecule has 1 atom stereocenters. The fourth-order valence-electron chi connectivity index (χ4n) is 2.55. The molecule has 2 aromatic rings. The van der Waals surface area contributed by atoms with Crippen LogP contribution in [0, 0.1) is 13.8 Å². The third kappa shape index (κ3) is 3.67. The van der Waals surface area contributed by atoms with Gasteiger partial charge in [0, 0.05) is 6.04 Å². The summed E-state index contributed by atoms with van der Waals surface area (Å²) in [6.07, 6.45) is -4.90. The van der Waals surface area contributed by atoms with E-state index >= 15 is 0 Å². The molecule has 1 N–H and O–H groups in total. The Kier molecular flexibility index (Phi) is 4.92. The van der Waals surface area contributed by atoms with Crippen molar-refractivity contribution < 1.29 is 18.0 Å². The van der Waals surface area contributed by atoms with E-state index < -0.39 is 29.4 Å². The number of nitrogens with zero attached hydrogens (tertiary/aromatic N) is 2. The maximum Gasteiger partial charge on any atom is 0.438 e. The Morgan fingerprint density at radius 3 is 2.24 bits per heavy atom. The summed E-state index contributed by atoms with van der Waals surface area (Å²) in [5.41, 5.74) is -1.08. The number of nitrogens with one attached hydrogen (secondary N) is 1. The van der Waals surface area contributed by atoms with Crippen LogP contribution >= 0.6 is 0 Å². The number of fused-ring (bicyclic) bond motifs is 1. The number of hydrogen-bond donors (Lipinski definition) is 1. The number of benzene rings is 1. The number of alkyl halides is 3. The predicted molar refractivity (Wildman–Crippen MR) is 88.5 cm³/mol. The average molecular weight is 355 g/mol. The molecular weight excluding hydrogens is 335 g/mol. The van der Waals surface area contributed by atoms with Gasteiger partial charge in [0.25, 0.3) is 5.56 Å². The minimum absolute atomic E-state index is 0.0271. The zero-order chi connectivity index (χ0) is 19.1. The lowest BCUT2D eigenvalue weighted by atomic mass is 10.1. The lowest BCUT2D eigenvalue weighted by Crippen LogP contribution is -2.41. The van der Waals surface area contributed by atoms with Crippen molar-refractivity contribution in [1.82, 2.24) is 14.9 Å². The van der Waals surface area contributed by atoms with Gasteiger partial charge in [0.15, 0.2) is 0 Å². The number of rotatable bonds is 3. The summed E-state index contributed by atoms with van der Waals surface area (Å²) >= 11 is 0. The van der Waals surface area contributed by atoms with Gasteiger partial charge in [0.05, 0.1) is 11.0 Å². The van der Waals surface area contributed by atoms with Crippen LogP contribution < -0.4 is 10.9 Å². The summed E-state index contributed by atoms with van der Waals surface area (Å²) in [7, 11) is 0. The molecule has 0 spiro atoms. The SMILES string of the molecule is Cc1cc2nc(C(F)(F)F)c(=O)n(C(C)C(=O)NC(C)C)c2cc1C. The molecular formula is C17H20F3N3O2. The highest BCUT2D eigenvalue weighted by Gasteiger charge is 2.38. The maximum absolute atomic E-state index is 13.2. The first-order valence-electron chi connectivity index (χ1n) is 7.84. The number of hydrogen-bond acceptors (Lipinski definition) is 3. The molecule has 1 heterocycles. The largest absolute Gasteiger partial charge is 0.438 e. The molecule has 0 radical (unpaired) electrons. The highest BCUT2D eigenvalue weighted by atomic mass is 19.4. The van der Waals surface area contributed by atoms with Crippen LogP contribution in [-0.4, -0.2) is 21.5 Å². The van der Waals surface area contributed by atoms with Crippen molar-refractivity contribution in [2.45, 2.75) is 52.9 Å². The normalized spacial score (nSPS) is 13.3. The van der Waals surface area contributed by atoms with Crippen LogP contribution in [-0.2, 0) is 11.0 Å². The van der Waals surface area contributed by atoms with E-state index in [1.807, 2.05) is 0 Å². The van der Waals surface area contributed by atoms with Gasteiger partial charge >= 0.3 is 6.18 Å². The van der Waals surface area contributed by atoms with Gasteiger partial charge in [0.1, 0.15) is 6.04 Å². The van der Waals surface area contributed by atoms with Crippen molar-refractivity contribution in [2.24, 2.45) is 0 Å². The molecule has 0 saturated heterocycles. The Morgan fingerprint density at radius 1 is 1.16 bits per heavy atom. The van der Waals surface area contributed by atoms with Crippen molar-refractivity contribution in [1.29, 1.82) is 0 Å². The summed E-state index contributed by atoms with van der Waals surface area (Å²) in [6.45, 7) is 8.38. The van der Waals surface area contributed by atoms with Crippen molar-refractivity contribution in [3.8, 4) is 0 Å². The van der Waals surface area contributed by atoms with Crippen LogP contribution in [0.4, 0.5) is 13.2 Å². The van der Waals surface area contributed by atoms with E-state index in [0.29, 0.717) is 0 Å². The van der Waals surface area contributed by atoms with Gasteiger partial charge in [-0.25, -0.2) is 4.98 Å². The lowest BCUT2D eigenvalue weighted by molar-refractivity contribution is -0.142. The fraction of sp³-hybridized carbons (Fsp3) is 0.471. The van der Waals surface area contributed by atoms with Gasteiger partial charge in [-0.3, -0.25) is 14.2 Å². The van der Waals surface area contributed by atoms with E-state index in [0.717, 1.165) is 15.7 Å². The van der Waals surface area contributed by atoms with Gasteiger partial charge in [-0.05, 0) is 57.9 Å². The number of carbonyl (C=O) groups is 1. The first-order valence-corrected chi connectivity index (χ1v) is 7.84. The minimum atomic E-state index is -4.90. The van der Waals surface area contributed by atoms with Gasteiger partial charge in [-0.15, -0.1) is 0 Å². The molecule has 0 saturated carbocycles. The molecule has 8 heteroatoms. The molecule has 0 fully saturated rings. The van der Waals surface area contributed by atoms with E-state index in [1.54, 1.807) is 33.8 Å². The smallest absolute Gasteiger partial charge is 0.352 e. The third-order valence-electron chi connectivity index (χ3n) is 3.97. The molecule has 5 nitrogen and oxygen atoms in total. The summed E-state index contributed by atoms with van der Waals surface area (Å²) in [5, 5.41) is 2.62. The molecule has 136 valence electrons. The number of carbonyl (C=O) groups excluding carboxylic acids is 1. The lowest BCUT2D eigenvalue weighted by Gasteiger charge is -2.21. The maximum atomic E-state index is 13.2. The summed E-state index contributed by atoms with van der Waals surface area (Å²) in [6, 6.07) is 1.76. The summed E-state index contributed by atoms with van der Waals surface area (Å²) in [4.78, 5) is 28.3. The Balaban J connectivity index is 2.83. The number of amides is 1. The Bertz CT molecular complexity index is 885. The zero-order valence-electron chi connectivity index (χ0n) is 14.7. The molecule has 2 rings (SSSR count). The molecule has 0 bridgehead atoms. The second-order valence-electron chi connectivity index (χ2n) is 6.40. The fourth-order valence-corrected chi connectivity index (χ4v) is 2.55. The Labute approximate surface area is 142 Å².